The number of hydrogen-bond acceptors (Lipinski definition) is 3. The van der Waals surface area contributed by atoms with Crippen LogP contribution in [0.3, 0.4) is 0 Å². The van der Waals surface area contributed by atoms with Crippen LogP contribution in [0.5, 0.6) is 0 Å². The molecule has 0 amide bonds. The molecule has 0 spiro atoms. The van der Waals surface area contributed by atoms with Gasteiger partial charge < -0.3 is 9.84 Å². The highest BCUT2D eigenvalue weighted by Crippen LogP contribution is 2.15. The summed E-state index contributed by atoms with van der Waals surface area (Å²) >= 11 is 0. The van der Waals surface area contributed by atoms with Gasteiger partial charge in [0.1, 0.15) is 0 Å². The second-order valence-corrected chi connectivity index (χ2v) is 3.24. The number of rotatable bonds is 4. The van der Waals surface area contributed by atoms with E-state index in [2.05, 4.69) is 0 Å². The largest absolute Gasteiger partial charge is 0.480 e. The lowest BCUT2D eigenvalue weighted by molar-refractivity contribution is -0.138. The molecule has 0 aliphatic carbocycles. The van der Waals surface area contributed by atoms with Gasteiger partial charge in [0.05, 0.1) is 13.2 Å². The van der Waals surface area contributed by atoms with Gasteiger partial charge in [-0.25, -0.2) is 0 Å². The van der Waals surface area contributed by atoms with Crippen molar-refractivity contribution < 1.29 is 14.6 Å². The second-order valence-electron chi connectivity index (χ2n) is 3.24. The molecule has 1 aliphatic rings. The van der Waals surface area contributed by atoms with E-state index in [1.165, 1.54) is 0 Å². The Labute approximate surface area is 72.1 Å². The van der Waals surface area contributed by atoms with E-state index in [1.807, 2.05) is 4.90 Å². The molecule has 0 aromatic rings. The minimum atomic E-state index is -0.743. The number of aliphatic carboxylic acids is 1. The minimum absolute atomic E-state index is 0.167. The lowest BCUT2D eigenvalue weighted by atomic mass is 10.1. The van der Waals surface area contributed by atoms with E-state index < -0.39 is 5.97 Å². The van der Waals surface area contributed by atoms with Crippen molar-refractivity contribution >= 4 is 5.97 Å². The van der Waals surface area contributed by atoms with Crippen LogP contribution >= 0.6 is 0 Å². The van der Waals surface area contributed by atoms with Crippen molar-refractivity contribution in [1.29, 1.82) is 0 Å². The zero-order valence-electron chi connectivity index (χ0n) is 7.32. The Morgan fingerprint density at radius 2 is 2.50 bits per heavy atom. The molecule has 0 bridgehead atoms. The average Bonchev–Trinajstić information content (AvgIpc) is 2.36. The SMILES string of the molecule is COC[C@@H]1CCN(CC(=O)O)C1. The monoisotopic (exact) mass is 173 g/mol. The molecule has 0 saturated carbocycles. The van der Waals surface area contributed by atoms with Crippen LogP contribution in [0.4, 0.5) is 0 Å². The fourth-order valence-electron chi connectivity index (χ4n) is 1.62. The number of carboxylic acids is 1. The third-order valence-corrected chi connectivity index (χ3v) is 2.13. The number of carbonyl (C=O) groups is 1. The molecule has 1 aliphatic heterocycles. The van der Waals surface area contributed by atoms with Crippen molar-refractivity contribution in [3.63, 3.8) is 0 Å². The molecule has 4 nitrogen and oxygen atoms in total. The first-order valence-corrected chi connectivity index (χ1v) is 4.15. The first-order chi connectivity index (χ1) is 5.72. The fourth-order valence-corrected chi connectivity index (χ4v) is 1.62. The topological polar surface area (TPSA) is 49.8 Å². The molecule has 1 rings (SSSR count). The van der Waals surface area contributed by atoms with Gasteiger partial charge in [-0.1, -0.05) is 0 Å². The Hall–Kier alpha value is -0.610. The van der Waals surface area contributed by atoms with Gasteiger partial charge in [-0.3, -0.25) is 9.69 Å². The third kappa shape index (κ3) is 2.79. The highest BCUT2D eigenvalue weighted by Gasteiger charge is 2.23. The van der Waals surface area contributed by atoms with E-state index in [0.29, 0.717) is 5.92 Å². The molecule has 1 saturated heterocycles. The highest BCUT2D eigenvalue weighted by molar-refractivity contribution is 5.69. The van der Waals surface area contributed by atoms with Crippen molar-refractivity contribution in [2.24, 2.45) is 5.92 Å². The summed E-state index contributed by atoms with van der Waals surface area (Å²) in [4.78, 5) is 12.3. The fraction of sp³-hybridized carbons (Fsp3) is 0.875. The van der Waals surface area contributed by atoms with Gasteiger partial charge in [0.15, 0.2) is 0 Å². The summed E-state index contributed by atoms with van der Waals surface area (Å²) in [6, 6.07) is 0. The lowest BCUT2D eigenvalue weighted by Gasteiger charge is -2.12. The van der Waals surface area contributed by atoms with Crippen molar-refractivity contribution in [3.8, 4) is 0 Å². The summed E-state index contributed by atoms with van der Waals surface area (Å²) in [6.07, 6.45) is 1.06. The van der Waals surface area contributed by atoms with E-state index in [0.717, 1.165) is 26.1 Å². The number of likely N-dealkylation sites (tertiary alicyclic amines) is 1. The quantitative estimate of drug-likeness (QED) is 0.652. The predicted molar refractivity (Wildman–Crippen MR) is 44.1 cm³/mol. The number of ether oxygens (including phenoxy) is 1. The standard InChI is InChI=1S/C8H15NO3/c1-12-6-7-2-3-9(4-7)5-8(10)11/h7H,2-6H2,1H3,(H,10,11)/t7-/m1/s1. The normalized spacial score (nSPS) is 24.6. The van der Waals surface area contributed by atoms with Crippen LogP contribution in [0.2, 0.25) is 0 Å². The first kappa shape index (κ1) is 9.48. The van der Waals surface area contributed by atoms with Crippen LogP contribution in [0.15, 0.2) is 0 Å². The number of hydrogen-bond donors (Lipinski definition) is 1. The Kier molecular flexibility index (Phi) is 3.49. The molecule has 1 atom stereocenters. The maximum absolute atomic E-state index is 10.3. The summed E-state index contributed by atoms with van der Waals surface area (Å²) in [7, 11) is 1.68. The van der Waals surface area contributed by atoms with E-state index in [9.17, 15) is 4.79 Å². The summed E-state index contributed by atoms with van der Waals surface area (Å²) in [5, 5.41) is 8.52. The molecule has 0 unspecified atom stereocenters. The predicted octanol–water partition coefficient (Wildman–Crippen LogP) is 0.0393. The van der Waals surface area contributed by atoms with Crippen molar-refractivity contribution in [3.05, 3.63) is 0 Å². The minimum Gasteiger partial charge on any atom is -0.480 e. The van der Waals surface area contributed by atoms with Crippen LogP contribution in [0.1, 0.15) is 6.42 Å². The number of methoxy groups -OCH3 is 1. The molecule has 1 heterocycles. The van der Waals surface area contributed by atoms with Crippen LogP contribution in [-0.2, 0) is 9.53 Å². The molecule has 0 aromatic carbocycles. The first-order valence-electron chi connectivity index (χ1n) is 4.15. The summed E-state index contributed by atoms with van der Waals surface area (Å²) in [6.45, 7) is 2.66. The van der Waals surface area contributed by atoms with Crippen LogP contribution in [-0.4, -0.2) is 49.3 Å². The number of nitrogens with zero attached hydrogens (tertiary/aromatic N) is 1. The average molecular weight is 173 g/mol. The Morgan fingerprint density at radius 3 is 3.08 bits per heavy atom. The second kappa shape index (κ2) is 4.42. The van der Waals surface area contributed by atoms with Crippen molar-refractivity contribution in [1.82, 2.24) is 4.90 Å². The van der Waals surface area contributed by atoms with Crippen LogP contribution in [0, 0.1) is 5.92 Å². The maximum atomic E-state index is 10.3. The molecular weight excluding hydrogens is 158 g/mol. The molecule has 4 heteroatoms. The molecule has 1 fully saturated rings. The highest BCUT2D eigenvalue weighted by atomic mass is 16.5. The molecule has 12 heavy (non-hydrogen) atoms. The van der Waals surface area contributed by atoms with Gasteiger partial charge in [-0.15, -0.1) is 0 Å². The zero-order chi connectivity index (χ0) is 8.97. The van der Waals surface area contributed by atoms with Gasteiger partial charge in [0, 0.05) is 13.7 Å². The molecule has 0 aromatic heterocycles. The van der Waals surface area contributed by atoms with E-state index in [4.69, 9.17) is 9.84 Å². The lowest BCUT2D eigenvalue weighted by Crippen LogP contribution is -2.27. The van der Waals surface area contributed by atoms with Crippen molar-refractivity contribution in [2.45, 2.75) is 6.42 Å². The molecule has 70 valence electrons. The van der Waals surface area contributed by atoms with E-state index >= 15 is 0 Å². The van der Waals surface area contributed by atoms with Crippen LogP contribution in [0.25, 0.3) is 0 Å². The molecular formula is C8H15NO3. The summed E-state index contributed by atoms with van der Waals surface area (Å²) < 4.78 is 5.00. The van der Waals surface area contributed by atoms with E-state index in [1.54, 1.807) is 7.11 Å². The van der Waals surface area contributed by atoms with Gasteiger partial charge in [-0.2, -0.15) is 0 Å². The van der Waals surface area contributed by atoms with Gasteiger partial charge in [0.2, 0.25) is 0 Å². The van der Waals surface area contributed by atoms with Crippen LogP contribution < -0.4 is 0 Å². The summed E-state index contributed by atoms with van der Waals surface area (Å²) in [5.41, 5.74) is 0. The van der Waals surface area contributed by atoms with Gasteiger partial charge >= 0.3 is 5.97 Å². The third-order valence-electron chi connectivity index (χ3n) is 2.13. The van der Waals surface area contributed by atoms with E-state index in [-0.39, 0.29) is 6.54 Å². The Balaban J connectivity index is 2.21. The maximum Gasteiger partial charge on any atom is 0.317 e. The number of carboxylic acid groups (broad SMARTS) is 1. The summed E-state index contributed by atoms with van der Waals surface area (Å²) in [5.74, 6) is -0.220. The van der Waals surface area contributed by atoms with Gasteiger partial charge in [-0.05, 0) is 18.9 Å². The Morgan fingerprint density at radius 1 is 1.75 bits per heavy atom. The van der Waals surface area contributed by atoms with Gasteiger partial charge in [0.25, 0.3) is 0 Å². The molecule has 1 N–H and O–H groups in total. The van der Waals surface area contributed by atoms with Crippen molar-refractivity contribution in [2.75, 3.05) is 33.4 Å². The molecule has 0 radical (unpaired) electrons. The Bertz CT molecular complexity index is 160. The smallest absolute Gasteiger partial charge is 0.317 e. The zero-order valence-corrected chi connectivity index (χ0v) is 7.32.